The number of hydrogen-bond donors (Lipinski definition) is 2. The van der Waals surface area contributed by atoms with Gasteiger partial charge in [-0.15, -0.1) is 11.6 Å². The van der Waals surface area contributed by atoms with Crippen LogP contribution in [0.3, 0.4) is 0 Å². The normalized spacial score (nSPS) is 14.0. The van der Waals surface area contributed by atoms with Gasteiger partial charge in [-0.2, -0.15) is 5.10 Å². The van der Waals surface area contributed by atoms with Gasteiger partial charge < -0.3 is 0 Å². The molecule has 0 amide bonds. The predicted molar refractivity (Wildman–Crippen MR) is 63.1 cm³/mol. The summed E-state index contributed by atoms with van der Waals surface area (Å²) in [6.45, 7) is 5.54. The van der Waals surface area contributed by atoms with Crippen LogP contribution in [0.1, 0.15) is 18.3 Å². The van der Waals surface area contributed by atoms with Crippen molar-refractivity contribution in [2.75, 3.05) is 12.4 Å². The second-order valence-electron chi connectivity index (χ2n) is 3.87. The van der Waals surface area contributed by atoms with E-state index in [0.717, 1.165) is 0 Å². The van der Waals surface area contributed by atoms with Crippen molar-refractivity contribution in [1.29, 1.82) is 0 Å². The smallest absolute Gasteiger partial charge is 0.244 e. The summed E-state index contributed by atoms with van der Waals surface area (Å²) in [5.74, 6) is 0.523. The van der Waals surface area contributed by atoms with Crippen molar-refractivity contribution in [3.8, 4) is 0 Å². The molecule has 1 atom stereocenters. The highest BCUT2D eigenvalue weighted by molar-refractivity contribution is 7.89. The zero-order valence-corrected chi connectivity index (χ0v) is 11.1. The Hall–Kier alpha value is -0.590. The summed E-state index contributed by atoms with van der Waals surface area (Å²) in [5.41, 5.74) is 1.02. The lowest BCUT2D eigenvalue weighted by Crippen LogP contribution is -2.29. The third kappa shape index (κ3) is 2.96. The minimum Gasteiger partial charge on any atom is -0.281 e. The lowest BCUT2D eigenvalue weighted by atomic mass is 10.2. The Morgan fingerprint density at radius 3 is 2.56 bits per heavy atom. The lowest BCUT2D eigenvalue weighted by molar-refractivity contribution is 0.561. The van der Waals surface area contributed by atoms with Gasteiger partial charge in [0.15, 0.2) is 0 Å². The molecular formula is C9H16ClN3O2S. The highest BCUT2D eigenvalue weighted by Gasteiger charge is 2.22. The standard InChI is InChI=1S/C9H16ClN3O2S/c1-6(4-10)5-11-16(14,15)9-7(2)12-13-8(9)3/h6,11H,4-5H2,1-3H3,(H,12,13). The van der Waals surface area contributed by atoms with Gasteiger partial charge in [-0.1, -0.05) is 6.92 Å². The van der Waals surface area contributed by atoms with Crippen molar-refractivity contribution in [1.82, 2.24) is 14.9 Å². The molecule has 0 aromatic carbocycles. The SMILES string of the molecule is Cc1n[nH]c(C)c1S(=O)(=O)NCC(C)CCl. The summed E-state index contributed by atoms with van der Waals surface area (Å²) in [5, 5.41) is 6.51. The fourth-order valence-corrected chi connectivity index (χ4v) is 2.96. The van der Waals surface area contributed by atoms with E-state index in [1.54, 1.807) is 13.8 Å². The summed E-state index contributed by atoms with van der Waals surface area (Å²) in [6.07, 6.45) is 0. The minimum absolute atomic E-state index is 0.101. The predicted octanol–water partition coefficient (Wildman–Crippen LogP) is 1.18. The van der Waals surface area contributed by atoms with Gasteiger partial charge in [0, 0.05) is 12.4 Å². The second kappa shape index (κ2) is 5.16. The van der Waals surface area contributed by atoms with Crippen molar-refractivity contribution < 1.29 is 8.42 Å². The molecule has 1 aromatic heterocycles. The summed E-state index contributed by atoms with van der Waals surface area (Å²) >= 11 is 5.61. The van der Waals surface area contributed by atoms with E-state index in [-0.39, 0.29) is 10.8 Å². The van der Waals surface area contributed by atoms with E-state index < -0.39 is 10.0 Å². The Balaban J connectivity index is 2.87. The van der Waals surface area contributed by atoms with Gasteiger partial charge in [0.25, 0.3) is 0 Å². The van der Waals surface area contributed by atoms with E-state index in [2.05, 4.69) is 14.9 Å². The Labute approximate surface area is 101 Å². The Bertz CT molecular complexity index is 436. The molecular weight excluding hydrogens is 250 g/mol. The van der Waals surface area contributed by atoms with Gasteiger partial charge in [0.05, 0.1) is 11.4 Å². The zero-order chi connectivity index (χ0) is 12.3. The molecule has 0 radical (unpaired) electrons. The molecule has 92 valence electrons. The van der Waals surface area contributed by atoms with Crippen LogP contribution in [0.5, 0.6) is 0 Å². The number of H-pyrrole nitrogens is 1. The van der Waals surface area contributed by atoms with Crippen LogP contribution in [-0.2, 0) is 10.0 Å². The lowest BCUT2D eigenvalue weighted by Gasteiger charge is -2.10. The number of alkyl halides is 1. The van der Waals surface area contributed by atoms with Crippen molar-refractivity contribution >= 4 is 21.6 Å². The molecule has 2 N–H and O–H groups in total. The van der Waals surface area contributed by atoms with Crippen molar-refractivity contribution in [3.63, 3.8) is 0 Å². The first-order valence-corrected chi connectivity index (χ1v) is 6.97. The zero-order valence-electron chi connectivity index (χ0n) is 9.54. The van der Waals surface area contributed by atoms with Gasteiger partial charge in [0.1, 0.15) is 4.90 Å². The van der Waals surface area contributed by atoms with Gasteiger partial charge in [0.2, 0.25) is 10.0 Å². The molecule has 1 rings (SSSR count). The molecule has 0 saturated heterocycles. The third-order valence-corrected chi connectivity index (χ3v) is 4.43. The maximum atomic E-state index is 11.9. The number of rotatable bonds is 5. The van der Waals surface area contributed by atoms with Crippen LogP contribution in [0, 0.1) is 19.8 Å². The average Bonchev–Trinajstić information content (AvgIpc) is 2.55. The average molecular weight is 266 g/mol. The van der Waals surface area contributed by atoms with E-state index in [1.807, 2.05) is 6.92 Å². The third-order valence-electron chi connectivity index (χ3n) is 2.21. The second-order valence-corrected chi connectivity index (χ2v) is 5.89. The highest BCUT2D eigenvalue weighted by Crippen LogP contribution is 2.16. The highest BCUT2D eigenvalue weighted by atomic mass is 35.5. The maximum Gasteiger partial charge on any atom is 0.244 e. The van der Waals surface area contributed by atoms with Gasteiger partial charge in [-0.3, -0.25) is 5.10 Å². The van der Waals surface area contributed by atoms with Gasteiger partial charge in [-0.25, -0.2) is 13.1 Å². The molecule has 0 aliphatic rings. The van der Waals surface area contributed by atoms with E-state index >= 15 is 0 Å². The van der Waals surface area contributed by atoms with E-state index in [4.69, 9.17) is 11.6 Å². The number of nitrogens with zero attached hydrogens (tertiary/aromatic N) is 1. The number of aryl methyl sites for hydroxylation is 2. The molecule has 0 aliphatic heterocycles. The first-order valence-electron chi connectivity index (χ1n) is 4.95. The van der Waals surface area contributed by atoms with Crippen LogP contribution in [0.25, 0.3) is 0 Å². The monoisotopic (exact) mass is 265 g/mol. The fraction of sp³-hybridized carbons (Fsp3) is 0.667. The van der Waals surface area contributed by atoms with Crippen LogP contribution < -0.4 is 4.72 Å². The summed E-state index contributed by atoms with van der Waals surface area (Å²) in [6, 6.07) is 0. The van der Waals surface area contributed by atoms with Crippen molar-refractivity contribution in [3.05, 3.63) is 11.4 Å². The van der Waals surface area contributed by atoms with Crippen LogP contribution in [-0.4, -0.2) is 31.0 Å². The first kappa shape index (κ1) is 13.5. The Morgan fingerprint density at radius 2 is 2.12 bits per heavy atom. The number of hydrogen-bond acceptors (Lipinski definition) is 3. The topological polar surface area (TPSA) is 74.8 Å². The largest absolute Gasteiger partial charge is 0.281 e. The number of aromatic nitrogens is 2. The number of nitrogens with one attached hydrogen (secondary N) is 2. The molecule has 1 heterocycles. The van der Waals surface area contributed by atoms with E-state index in [0.29, 0.717) is 23.8 Å². The maximum absolute atomic E-state index is 11.9. The summed E-state index contributed by atoms with van der Waals surface area (Å²) < 4.78 is 26.4. The molecule has 0 spiro atoms. The first-order chi connectivity index (χ1) is 7.38. The van der Waals surface area contributed by atoms with Crippen molar-refractivity contribution in [2.45, 2.75) is 25.7 Å². The van der Waals surface area contributed by atoms with Gasteiger partial charge >= 0.3 is 0 Å². The quantitative estimate of drug-likeness (QED) is 0.785. The fourth-order valence-electron chi connectivity index (χ4n) is 1.32. The van der Waals surface area contributed by atoms with E-state index in [9.17, 15) is 8.42 Å². The van der Waals surface area contributed by atoms with Crippen LogP contribution in [0.4, 0.5) is 0 Å². The van der Waals surface area contributed by atoms with E-state index in [1.165, 1.54) is 0 Å². The molecule has 0 saturated carbocycles. The summed E-state index contributed by atoms with van der Waals surface area (Å²) in [7, 11) is -3.49. The van der Waals surface area contributed by atoms with Gasteiger partial charge in [-0.05, 0) is 19.8 Å². The molecule has 16 heavy (non-hydrogen) atoms. The van der Waals surface area contributed by atoms with Crippen LogP contribution in [0.2, 0.25) is 0 Å². The molecule has 1 unspecified atom stereocenters. The Morgan fingerprint density at radius 1 is 1.50 bits per heavy atom. The summed E-state index contributed by atoms with van der Waals surface area (Å²) in [4.78, 5) is 0.231. The Kier molecular flexibility index (Phi) is 4.35. The van der Waals surface area contributed by atoms with Crippen LogP contribution >= 0.6 is 11.6 Å². The molecule has 1 aromatic rings. The molecule has 0 fully saturated rings. The van der Waals surface area contributed by atoms with Crippen molar-refractivity contribution in [2.24, 2.45) is 5.92 Å². The van der Waals surface area contributed by atoms with Crippen LogP contribution in [0.15, 0.2) is 4.90 Å². The molecule has 0 aliphatic carbocycles. The number of sulfonamides is 1. The molecule has 0 bridgehead atoms. The number of aromatic amines is 1. The number of halogens is 1. The molecule has 5 nitrogen and oxygen atoms in total. The molecule has 7 heteroatoms. The minimum atomic E-state index is -3.49.